The SMILES string of the molecule is CCCCCCOc1ccccc1C(=O)NC(=S)Nc1cccc(OCC2CCCO2)c1. The van der Waals surface area contributed by atoms with Crippen molar-refractivity contribution in [2.45, 2.75) is 51.6 Å². The van der Waals surface area contributed by atoms with E-state index < -0.39 is 0 Å². The number of unbranched alkanes of at least 4 members (excludes halogenated alkanes) is 3. The van der Waals surface area contributed by atoms with E-state index in [0.717, 1.165) is 43.7 Å². The molecule has 1 fully saturated rings. The lowest BCUT2D eigenvalue weighted by Gasteiger charge is -2.14. The minimum absolute atomic E-state index is 0.154. The van der Waals surface area contributed by atoms with E-state index in [0.29, 0.717) is 24.5 Å². The molecule has 1 aliphatic rings. The van der Waals surface area contributed by atoms with Crippen LogP contribution in [0.3, 0.4) is 0 Å². The molecule has 1 heterocycles. The van der Waals surface area contributed by atoms with Crippen molar-refractivity contribution in [2.24, 2.45) is 0 Å². The standard InChI is InChI=1S/C25H32N2O4S/c1-2-3-4-7-15-30-23-14-6-5-13-22(23)24(28)27-25(32)26-19-10-8-11-20(17-19)31-18-21-12-9-16-29-21/h5-6,8,10-11,13-14,17,21H,2-4,7,9,12,15-16,18H2,1H3,(H2,26,27,28,32). The maximum absolute atomic E-state index is 12.8. The summed E-state index contributed by atoms with van der Waals surface area (Å²) in [5.74, 6) is 0.979. The van der Waals surface area contributed by atoms with Crippen LogP contribution in [-0.2, 0) is 4.74 Å². The van der Waals surface area contributed by atoms with Crippen LogP contribution in [0.1, 0.15) is 55.8 Å². The monoisotopic (exact) mass is 456 g/mol. The smallest absolute Gasteiger partial charge is 0.261 e. The Morgan fingerprint density at radius 3 is 2.81 bits per heavy atom. The molecule has 0 saturated carbocycles. The van der Waals surface area contributed by atoms with Crippen molar-refractivity contribution < 1.29 is 19.0 Å². The molecule has 1 unspecified atom stereocenters. The number of carbonyl (C=O) groups is 1. The number of nitrogens with one attached hydrogen (secondary N) is 2. The normalized spacial score (nSPS) is 15.2. The van der Waals surface area contributed by atoms with Crippen LogP contribution in [0.25, 0.3) is 0 Å². The van der Waals surface area contributed by atoms with Crippen LogP contribution in [0.5, 0.6) is 11.5 Å². The quantitative estimate of drug-likeness (QED) is 0.352. The molecule has 32 heavy (non-hydrogen) atoms. The number of carbonyl (C=O) groups excluding carboxylic acids is 1. The van der Waals surface area contributed by atoms with Crippen LogP contribution in [0.15, 0.2) is 48.5 Å². The molecule has 2 aromatic rings. The third kappa shape index (κ3) is 7.80. The Kier molecular flexibility index (Phi) is 9.78. The maximum atomic E-state index is 12.8. The van der Waals surface area contributed by atoms with E-state index in [9.17, 15) is 4.79 Å². The zero-order valence-electron chi connectivity index (χ0n) is 18.6. The molecule has 0 aromatic heterocycles. The number of amides is 1. The fourth-order valence-corrected chi connectivity index (χ4v) is 3.66. The molecular formula is C25H32N2O4S. The number of ether oxygens (including phenoxy) is 3. The van der Waals surface area contributed by atoms with Crippen molar-refractivity contribution in [2.75, 3.05) is 25.1 Å². The molecule has 7 heteroatoms. The molecule has 2 aromatic carbocycles. The van der Waals surface area contributed by atoms with Gasteiger partial charge in [-0.2, -0.15) is 0 Å². The minimum atomic E-state index is -0.308. The molecule has 0 aliphatic carbocycles. The summed E-state index contributed by atoms with van der Waals surface area (Å²) in [7, 11) is 0. The Morgan fingerprint density at radius 2 is 2.00 bits per heavy atom. The van der Waals surface area contributed by atoms with E-state index in [1.807, 2.05) is 36.4 Å². The maximum Gasteiger partial charge on any atom is 0.261 e. The van der Waals surface area contributed by atoms with Crippen molar-refractivity contribution in [1.29, 1.82) is 0 Å². The first kappa shape index (κ1) is 24.0. The van der Waals surface area contributed by atoms with Gasteiger partial charge in [0.05, 0.1) is 18.3 Å². The van der Waals surface area contributed by atoms with Gasteiger partial charge < -0.3 is 19.5 Å². The van der Waals surface area contributed by atoms with Gasteiger partial charge in [0.15, 0.2) is 5.11 Å². The van der Waals surface area contributed by atoms with Crippen LogP contribution in [-0.4, -0.2) is 36.9 Å². The van der Waals surface area contributed by atoms with Gasteiger partial charge in [-0.25, -0.2) is 0 Å². The molecule has 0 radical (unpaired) electrons. The topological polar surface area (TPSA) is 68.8 Å². The first-order chi connectivity index (χ1) is 15.7. The predicted octanol–water partition coefficient (Wildman–Crippen LogP) is 5.33. The second-order valence-electron chi connectivity index (χ2n) is 7.79. The van der Waals surface area contributed by atoms with E-state index in [1.165, 1.54) is 12.8 Å². The highest BCUT2D eigenvalue weighted by atomic mass is 32.1. The predicted molar refractivity (Wildman–Crippen MR) is 131 cm³/mol. The fraction of sp³-hybridized carbons (Fsp3) is 0.440. The summed E-state index contributed by atoms with van der Waals surface area (Å²) >= 11 is 5.34. The number of hydrogen-bond donors (Lipinski definition) is 2. The zero-order valence-corrected chi connectivity index (χ0v) is 19.4. The molecule has 172 valence electrons. The highest BCUT2D eigenvalue weighted by Gasteiger charge is 2.16. The van der Waals surface area contributed by atoms with Gasteiger partial charge >= 0.3 is 0 Å². The van der Waals surface area contributed by atoms with Crippen LogP contribution in [0.2, 0.25) is 0 Å². The highest BCUT2D eigenvalue weighted by molar-refractivity contribution is 7.80. The van der Waals surface area contributed by atoms with Crippen molar-refractivity contribution in [3.05, 3.63) is 54.1 Å². The summed E-state index contributed by atoms with van der Waals surface area (Å²) in [5, 5.41) is 5.99. The van der Waals surface area contributed by atoms with Crippen molar-refractivity contribution in [3.63, 3.8) is 0 Å². The number of anilines is 1. The summed E-state index contributed by atoms with van der Waals surface area (Å²) in [6.45, 7) is 4.09. The average Bonchev–Trinajstić information content (AvgIpc) is 3.32. The van der Waals surface area contributed by atoms with Gasteiger partial charge in [-0.3, -0.25) is 10.1 Å². The van der Waals surface area contributed by atoms with Crippen LogP contribution in [0, 0.1) is 0 Å². The Morgan fingerprint density at radius 1 is 1.12 bits per heavy atom. The molecule has 3 rings (SSSR count). The van der Waals surface area contributed by atoms with Gasteiger partial charge in [0.1, 0.15) is 18.1 Å². The number of benzene rings is 2. The molecule has 1 atom stereocenters. The Balaban J connectivity index is 1.50. The molecule has 0 spiro atoms. The molecule has 6 nitrogen and oxygen atoms in total. The largest absolute Gasteiger partial charge is 0.493 e. The van der Waals surface area contributed by atoms with Crippen molar-refractivity contribution in [1.82, 2.24) is 5.32 Å². The number of rotatable bonds is 11. The Bertz CT molecular complexity index is 884. The Labute approximate surface area is 195 Å². The third-order valence-electron chi connectivity index (χ3n) is 5.17. The highest BCUT2D eigenvalue weighted by Crippen LogP contribution is 2.21. The van der Waals surface area contributed by atoms with Gasteiger partial charge in [0.25, 0.3) is 5.91 Å². The molecular weight excluding hydrogens is 424 g/mol. The van der Waals surface area contributed by atoms with Gasteiger partial charge in [0, 0.05) is 18.4 Å². The number of hydrogen-bond acceptors (Lipinski definition) is 5. The average molecular weight is 457 g/mol. The summed E-state index contributed by atoms with van der Waals surface area (Å²) in [5.41, 5.74) is 1.20. The van der Waals surface area contributed by atoms with Gasteiger partial charge in [-0.15, -0.1) is 0 Å². The van der Waals surface area contributed by atoms with E-state index in [2.05, 4.69) is 17.6 Å². The van der Waals surface area contributed by atoms with Crippen LogP contribution < -0.4 is 20.1 Å². The van der Waals surface area contributed by atoms with E-state index in [-0.39, 0.29) is 17.1 Å². The number of para-hydroxylation sites is 1. The third-order valence-corrected chi connectivity index (χ3v) is 5.37. The summed E-state index contributed by atoms with van der Waals surface area (Å²) < 4.78 is 17.3. The van der Waals surface area contributed by atoms with Crippen molar-refractivity contribution in [3.8, 4) is 11.5 Å². The Hall–Kier alpha value is -2.64. The molecule has 1 aliphatic heterocycles. The van der Waals surface area contributed by atoms with Gasteiger partial charge in [-0.1, -0.05) is 44.4 Å². The molecule has 1 amide bonds. The number of thiocarbonyl (C=S) groups is 1. The van der Waals surface area contributed by atoms with Crippen LogP contribution >= 0.6 is 12.2 Å². The molecule has 1 saturated heterocycles. The lowest BCUT2D eigenvalue weighted by molar-refractivity contribution is 0.0680. The summed E-state index contributed by atoms with van der Waals surface area (Å²) in [6.07, 6.45) is 6.71. The lowest BCUT2D eigenvalue weighted by atomic mass is 10.2. The first-order valence-electron chi connectivity index (χ1n) is 11.3. The first-order valence-corrected chi connectivity index (χ1v) is 11.7. The van der Waals surface area contributed by atoms with E-state index >= 15 is 0 Å². The van der Waals surface area contributed by atoms with E-state index in [4.69, 9.17) is 26.4 Å². The fourth-order valence-electron chi connectivity index (χ4n) is 3.45. The second-order valence-corrected chi connectivity index (χ2v) is 8.20. The molecule has 2 N–H and O–H groups in total. The van der Waals surface area contributed by atoms with E-state index in [1.54, 1.807) is 12.1 Å². The van der Waals surface area contributed by atoms with Gasteiger partial charge in [0.2, 0.25) is 0 Å². The van der Waals surface area contributed by atoms with Crippen LogP contribution in [0.4, 0.5) is 5.69 Å². The summed E-state index contributed by atoms with van der Waals surface area (Å²) in [4.78, 5) is 12.8. The van der Waals surface area contributed by atoms with Crippen molar-refractivity contribution >= 4 is 28.9 Å². The molecule has 0 bridgehead atoms. The summed E-state index contributed by atoms with van der Waals surface area (Å²) in [6, 6.07) is 14.7. The van der Waals surface area contributed by atoms with Gasteiger partial charge in [-0.05, 0) is 55.7 Å². The lowest BCUT2D eigenvalue weighted by Crippen LogP contribution is -2.34. The zero-order chi connectivity index (χ0) is 22.6. The minimum Gasteiger partial charge on any atom is -0.493 e. The second kappa shape index (κ2) is 13.0.